The smallest absolute Gasteiger partial charge is 0.163 e. The van der Waals surface area contributed by atoms with Crippen LogP contribution in [0, 0.1) is 0 Å². The maximum absolute atomic E-state index is 11.8. The van der Waals surface area contributed by atoms with Crippen LogP contribution in [-0.4, -0.2) is 34.0 Å². The minimum atomic E-state index is -0.259. The first-order chi connectivity index (χ1) is 11.6. The Hall–Kier alpha value is -2.33. The van der Waals surface area contributed by atoms with Crippen LogP contribution in [0.15, 0.2) is 42.5 Å². The molecule has 4 heteroatoms. The van der Waals surface area contributed by atoms with Crippen molar-refractivity contribution in [2.75, 3.05) is 13.1 Å². The molecular weight excluding hydrogens is 302 g/mol. The SMILES string of the molecule is CC(=O)c1ccc(O)c(C(c2ccccc2)N2CCCCC2)c1O. The van der Waals surface area contributed by atoms with Gasteiger partial charge < -0.3 is 10.2 Å². The van der Waals surface area contributed by atoms with E-state index >= 15 is 0 Å². The molecule has 1 aliphatic heterocycles. The average Bonchev–Trinajstić information content (AvgIpc) is 2.59. The van der Waals surface area contributed by atoms with E-state index in [4.69, 9.17) is 0 Å². The topological polar surface area (TPSA) is 60.8 Å². The Bertz CT molecular complexity index is 721. The number of rotatable bonds is 4. The Morgan fingerprint density at radius 3 is 2.29 bits per heavy atom. The molecule has 1 atom stereocenters. The third-order valence-corrected chi connectivity index (χ3v) is 4.72. The van der Waals surface area contributed by atoms with Gasteiger partial charge in [-0.3, -0.25) is 9.69 Å². The second-order valence-corrected chi connectivity index (χ2v) is 6.36. The quantitative estimate of drug-likeness (QED) is 0.838. The van der Waals surface area contributed by atoms with Crippen molar-refractivity contribution in [2.24, 2.45) is 0 Å². The Kier molecular flexibility index (Phi) is 4.86. The number of nitrogens with zero attached hydrogens (tertiary/aromatic N) is 1. The van der Waals surface area contributed by atoms with Crippen LogP contribution < -0.4 is 0 Å². The molecule has 1 unspecified atom stereocenters. The number of likely N-dealkylation sites (tertiary alicyclic amines) is 1. The second kappa shape index (κ2) is 7.05. The Labute approximate surface area is 142 Å². The maximum Gasteiger partial charge on any atom is 0.163 e. The van der Waals surface area contributed by atoms with E-state index in [1.807, 2.05) is 30.3 Å². The predicted octanol–water partition coefficient (Wildman–Crippen LogP) is 3.88. The summed E-state index contributed by atoms with van der Waals surface area (Å²) in [7, 11) is 0. The number of phenolic OH excluding ortho intramolecular Hbond substituents is 2. The van der Waals surface area contributed by atoms with Crippen LogP contribution in [0.4, 0.5) is 0 Å². The number of carbonyl (C=O) groups is 1. The highest BCUT2D eigenvalue weighted by molar-refractivity contribution is 5.97. The molecule has 2 aromatic rings. The van der Waals surface area contributed by atoms with Gasteiger partial charge in [-0.2, -0.15) is 0 Å². The van der Waals surface area contributed by atoms with Gasteiger partial charge >= 0.3 is 0 Å². The van der Waals surface area contributed by atoms with Crippen molar-refractivity contribution in [2.45, 2.75) is 32.2 Å². The lowest BCUT2D eigenvalue weighted by molar-refractivity contribution is 0.101. The van der Waals surface area contributed by atoms with E-state index in [9.17, 15) is 15.0 Å². The monoisotopic (exact) mass is 325 g/mol. The van der Waals surface area contributed by atoms with Crippen LogP contribution in [0.25, 0.3) is 0 Å². The number of hydrogen-bond donors (Lipinski definition) is 2. The number of piperidine rings is 1. The largest absolute Gasteiger partial charge is 0.507 e. The lowest BCUT2D eigenvalue weighted by atomic mass is 9.91. The van der Waals surface area contributed by atoms with Crippen molar-refractivity contribution in [1.29, 1.82) is 0 Å². The van der Waals surface area contributed by atoms with Crippen LogP contribution in [-0.2, 0) is 0 Å². The van der Waals surface area contributed by atoms with Gasteiger partial charge in [0.25, 0.3) is 0 Å². The van der Waals surface area contributed by atoms with Gasteiger partial charge in [0.15, 0.2) is 5.78 Å². The number of phenols is 2. The molecule has 0 bridgehead atoms. The van der Waals surface area contributed by atoms with Crippen molar-refractivity contribution >= 4 is 5.78 Å². The second-order valence-electron chi connectivity index (χ2n) is 6.36. The summed E-state index contributed by atoms with van der Waals surface area (Å²) in [5.41, 5.74) is 1.68. The van der Waals surface area contributed by atoms with Gasteiger partial charge in [-0.15, -0.1) is 0 Å². The average molecular weight is 325 g/mol. The molecule has 0 radical (unpaired) electrons. The molecule has 0 spiro atoms. The van der Waals surface area contributed by atoms with E-state index in [0.717, 1.165) is 31.5 Å². The summed E-state index contributed by atoms with van der Waals surface area (Å²) in [6, 6.07) is 12.6. The molecule has 1 aliphatic rings. The van der Waals surface area contributed by atoms with Gasteiger partial charge in [-0.25, -0.2) is 0 Å². The number of Topliss-reactive ketones (excluding diaryl/α,β-unsaturated/α-hetero) is 1. The van der Waals surface area contributed by atoms with Crippen LogP contribution in [0.2, 0.25) is 0 Å². The molecule has 3 rings (SSSR count). The first kappa shape index (κ1) is 16.5. The zero-order valence-electron chi connectivity index (χ0n) is 13.9. The summed E-state index contributed by atoms with van der Waals surface area (Å²) in [5, 5.41) is 21.2. The molecule has 2 aromatic carbocycles. The fourth-order valence-electron chi connectivity index (χ4n) is 3.52. The highest BCUT2D eigenvalue weighted by Crippen LogP contribution is 2.42. The highest BCUT2D eigenvalue weighted by atomic mass is 16.3. The maximum atomic E-state index is 11.8. The van der Waals surface area contributed by atoms with E-state index in [1.54, 1.807) is 0 Å². The fraction of sp³-hybridized carbons (Fsp3) is 0.350. The van der Waals surface area contributed by atoms with E-state index in [-0.39, 0.29) is 28.9 Å². The lowest BCUT2D eigenvalue weighted by Crippen LogP contribution is -2.34. The number of benzene rings is 2. The van der Waals surface area contributed by atoms with Crippen molar-refractivity contribution in [3.8, 4) is 11.5 Å². The molecular formula is C20H23NO3. The van der Waals surface area contributed by atoms with Gasteiger partial charge in [0, 0.05) is 0 Å². The standard InChI is InChI=1S/C20H23NO3/c1-14(22)16-10-11-17(23)18(20(16)24)19(15-8-4-2-5-9-15)21-12-6-3-7-13-21/h2,4-5,8-11,19,23-24H,3,6-7,12-13H2,1H3. The number of carbonyl (C=O) groups excluding carboxylic acids is 1. The Morgan fingerprint density at radius 1 is 1.00 bits per heavy atom. The molecule has 0 aromatic heterocycles. The fourth-order valence-corrected chi connectivity index (χ4v) is 3.52. The minimum absolute atomic E-state index is 0.0249. The first-order valence-electron chi connectivity index (χ1n) is 8.44. The van der Waals surface area contributed by atoms with Gasteiger partial charge in [-0.1, -0.05) is 36.8 Å². The molecule has 126 valence electrons. The van der Waals surface area contributed by atoms with Crippen LogP contribution >= 0.6 is 0 Å². The molecule has 1 fully saturated rings. The number of hydrogen-bond acceptors (Lipinski definition) is 4. The molecule has 0 saturated carbocycles. The van der Waals surface area contributed by atoms with Crippen LogP contribution in [0.5, 0.6) is 11.5 Å². The number of ketones is 1. The molecule has 0 amide bonds. The summed E-state index contributed by atoms with van der Waals surface area (Å²) in [6.07, 6.45) is 3.39. The van der Waals surface area contributed by atoms with Gasteiger partial charge in [0.1, 0.15) is 11.5 Å². The zero-order chi connectivity index (χ0) is 17.1. The van der Waals surface area contributed by atoms with Crippen molar-refractivity contribution < 1.29 is 15.0 Å². The Morgan fingerprint density at radius 2 is 1.67 bits per heavy atom. The van der Waals surface area contributed by atoms with Crippen LogP contribution in [0.3, 0.4) is 0 Å². The van der Waals surface area contributed by atoms with Gasteiger partial charge in [-0.05, 0) is 50.6 Å². The van der Waals surface area contributed by atoms with Gasteiger partial charge in [0.2, 0.25) is 0 Å². The predicted molar refractivity (Wildman–Crippen MR) is 93.5 cm³/mol. The van der Waals surface area contributed by atoms with Crippen molar-refractivity contribution in [3.63, 3.8) is 0 Å². The minimum Gasteiger partial charge on any atom is -0.507 e. The molecule has 1 heterocycles. The molecule has 4 nitrogen and oxygen atoms in total. The van der Waals surface area contributed by atoms with E-state index in [0.29, 0.717) is 5.56 Å². The normalized spacial score (nSPS) is 16.7. The molecule has 24 heavy (non-hydrogen) atoms. The van der Waals surface area contributed by atoms with Crippen LogP contribution in [0.1, 0.15) is 53.7 Å². The summed E-state index contributed by atoms with van der Waals surface area (Å²) < 4.78 is 0. The molecule has 0 aliphatic carbocycles. The van der Waals surface area contributed by atoms with Gasteiger partial charge in [0.05, 0.1) is 17.2 Å². The summed E-state index contributed by atoms with van der Waals surface area (Å²) in [4.78, 5) is 14.1. The molecule has 1 saturated heterocycles. The summed E-state index contributed by atoms with van der Waals surface area (Å²) in [5.74, 6) is -0.293. The number of aromatic hydroxyl groups is 2. The molecule has 2 N–H and O–H groups in total. The lowest BCUT2D eigenvalue weighted by Gasteiger charge is -2.36. The Balaban J connectivity index is 2.15. The first-order valence-corrected chi connectivity index (χ1v) is 8.44. The van der Waals surface area contributed by atoms with Crippen molar-refractivity contribution in [3.05, 3.63) is 59.2 Å². The van der Waals surface area contributed by atoms with E-state index in [2.05, 4.69) is 4.90 Å². The third kappa shape index (κ3) is 3.15. The zero-order valence-corrected chi connectivity index (χ0v) is 13.9. The van der Waals surface area contributed by atoms with E-state index < -0.39 is 0 Å². The highest BCUT2D eigenvalue weighted by Gasteiger charge is 2.30. The summed E-state index contributed by atoms with van der Waals surface area (Å²) in [6.45, 7) is 3.24. The third-order valence-electron chi connectivity index (χ3n) is 4.72. The van der Waals surface area contributed by atoms with E-state index in [1.165, 1.54) is 25.5 Å². The van der Waals surface area contributed by atoms with Crippen molar-refractivity contribution in [1.82, 2.24) is 4.90 Å². The summed E-state index contributed by atoms with van der Waals surface area (Å²) >= 11 is 0.